The minimum atomic E-state index is -4.63. The highest BCUT2D eigenvalue weighted by Crippen LogP contribution is 2.37. The molecule has 2 aliphatic rings. The number of rotatable bonds is 22. The Morgan fingerprint density at radius 1 is 1.02 bits per heavy atom. The summed E-state index contributed by atoms with van der Waals surface area (Å²) in [5.74, 6) is 0.177. The number of methoxy groups -OCH3 is 2. The van der Waals surface area contributed by atoms with E-state index in [1.807, 2.05) is 11.8 Å². The molecule has 282 valence electrons. The van der Waals surface area contributed by atoms with Gasteiger partial charge in [0.25, 0.3) is 5.91 Å². The topological polar surface area (TPSA) is 195 Å². The standard InChI is InChI=1S/C31H46F3N5O10S/c1-45-23-15-19(27(46-2)31(32,33)34)7-8-20(23)17-49-30(44)37-16-22(40)28(42)36-10-12-48-14-13-47-11-9-35-25(41)6-4-3-5-24-26-21(18-50-24)38-29(43)39-26/h7-8,15,21-22,24,26-27,40H,3-6,9-14,16-18H2,1-2H3,(H,35,41)(H,36,42)(H,37,44)(H2,38,39,43)/t21-,22+,24-,26-,27?/m0/s1. The lowest BCUT2D eigenvalue weighted by molar-refractivity contribution is -0.216. The van der Waals surface area contributed by atoms with Gasteiger partial charge >= 0.3 is 18.3 Å². The highest BCUT2D eigenvalue weighted by atomic mass is 32.2. The average molecular weight is 738 g/mol. The van der Waals surface area contributed by atoms with Crippen molar-refractivity contribution in [1.29, 1.82) is 0 Å². The van der Waals surface area contributed by atoms with Crippen molar-refractivity contribution in [1.82, 2.24) is 26.6 Å². The van der Waals surface area contributed by atoms with Gasteiger partial charge in [0, 0.05) is 43.2 Å². The maximum atomic E-state index is 13.2. The van der Waals surface area contributed by atoms with Gasteiger partial charge in [0.1, 0.15) is 18.5 Å². The Balaban J connectivity index is 1.14. The summed E-state index contributed by atoms with van der Waals surface area (Å²) in [7, 11) is 2.19. The van der Waals surface area contributed by atoms with E-state index in [4.69, 9.17) is 18.9 Å². The van der Waals surface area contributed by atoms with E-state index >= 15 is 0 Å². The Morgan fingerprint density at radius 3 is 2.42 bits per heavy atom. The Kier molecular flexibility index (Phi) is 17.2. The summed E-state index contributed by atoms with van der Waals surface area (Å²) in [6.45, 7) is 0.659. The van der Waals surface area contributed by atoms with Crippen molar-refractivity contribution in [2.75, 3.05) is 66.0 Å². The normalized spacial score (nSPS) is 19.5. The van der Waals surface area contributed by atoms with Gasteiger partial charge in [-0.05, 0) is 24.5 Å². The molecule has 5 amide bonds. The first kappa shape index (κ1) is 40.9. The summed E-state index contributed by atoms with van der Waals surface area (Å²) in [5, 5.41) is 23.8. The van der Waals surface area contributed by atoms with Crippen LogP contribution in [-0.2, 0) is 35.1 Å². The summed E-state index contributed by atoms with van der Waals surface area (Å²) in [4.78, 5) is 47.6. The van der Waals surface area contributed by atoms with E-state index in [2.05, 4.69) is 31.3 Å². The van der Waals surface area contributed by atoms with E-state index in [1.54, 1.807) is 0 Å². The van der Waals surface area contributed by atoms with Crippen molar-refractivity contribution >= 4 is 35.7 Å². The SMILES string of the molecule is COc1cc(C(OC)C(F)(F)F)ccc1COC(=O)NC[C@@H](O)C(=O)NCCOCCOCCNC(=O)CCCC[C@@H]1SC[C@@H]2NC(=O)N[C@@H]21. The van der Waals surface area contributed by atoms with E-state index in [1.165, 1.54) is 19.2 Å². The lowest BCUT2D eigenvalue weighted by atomic mass is 10.0. The smallest absolute Gasteiger partial charge is 0.418 e. The molecule has 6 N–H and O–H groups in total. The Morgan fingerprint density at radius 2 is 1.74 bits per heavy atom. The molecule has 1 aromatic rings. The summed E-state index contributed by atoms with van der Waals surface area (Å²) < 4.78 is 64.9. The van der Waals surface area contributed by atoms with Gasteiger partial charge in [-0.1, -0.05) is 18.6 Å². The first-order valence-electron chi connectivity index (χ1n) is 16.2. The maximum absolute atomic E-state index is 13.2. The zero-order valence-corrected chi connectivity index (χ0v) is 28.8. The molecule has 2 heterocycles. The molecule has 0 radical (unpaired) electrons. The van der Waals surface area contributed by atoms with Crippen molar-refractivity contribution in [2.24, 2.45) is 0 Å². The van der Waals surface area contributed by atoms with Crippen LogP contribution in [0.25, 0.3) is 0 Å². The van der Waals surface area contributed by atoms with E-state index in [0.29, 0.717) is 24.8 Å². The summed E-state index contributed by atoms with van der Waals surface area (Å²) in [6, 6.07) is 3.90. The second-order valence-electron chi connectivity index (χ2n) is 11.4. The third-order valence-corrected chi connectivity index (χ3v) is 9.32. The number of unbranched alkanes of at least 4 members (excludes halogenated alkanes) is 1. The molecule has 0 spiro atoms. The number of amides is 5. The minimum Gasteiger partial charge on any atom is -0.496 e. The van der Waals surface area contributed by atoms with Gasteiger partial charge in [-0.2, -0.15) is 24.9 Å². The predicted molar refractivity (Wildman–Crippen MR) is 175 cm³/mol. The number of alkyl carbamates (subject to hydrolysis) is 1. The number of fused-ring (bicyclic) bond motifs is 1. The van der Waals surface area contributed by atoms with Crippen LogP contribution < -0.4 is 31.3 Å². The number of aliphatic hydroxyl groups excluding tert-OH is 1. The van der Waals surface area contributed by atoms with Gasteiger partial charge in [0.2, 0.25) is 5.91 Å². The van der Waals surface area contributed by atoms with Crippen LogP contribution >= 0.6 is 11.8 Å². The number of urea groups is 1. The van der Waals surface area contributed by atoms with Crippen molar-refractivity contribution in [3.05, 3.63) is 29.3 Å². The molecule has 0 aromatic heterocycles. The van der Waals surface area contributed by atoms with Gasteiger partial charge in [0.05, 0.1) is 52.2 Å². The maximum Gasteiger partial charge on any atom is 0.418 e. The Bertz CT molecular complexity index is 1260. The first-order valence-corrected chi connectivity index (χ1v) is 17.2. The molecule has 2 aliphatic heterocycles. The molecule has 1 unspecified atom stereocenters. The number of halogens is 3. The monoisotopic (exact) mass is 737 g/mol. The molecule has 0 bridgehead atoms. The van der Waals surface area contributed by atoms with Gasteiger partial charge in [0.15, 0.2) is 6.10 Å². The zero-order valence-electron chi connectivity index (χ0n) is 28.0. The largest absolute Gasteiger partial charge is 0.496 e. The molecule has 15 nitrogen and oxygen atoms in total. The molecule has 19 heteroatoms. The van der Waals surface area contributed by atoms with E-state index in [0.717, 1.165) is 38.2 Å². The third kappa shape index (κ3) is 13.7. The molecule has 0 saturated carbocycles. The highest BCUT2D eigenvalue weighted by Gasteiger charge is 2.43. The fourth-order valence-corrected chi connectivity index (χ4v) is 6.82. The fraction of sp³-hybridized carbons (Fsp3) is 0.677. The number of carbonyl (C=O) groups is 4. The second-order valence-corrected chi connectivity index (χ2v) is 12.7. The number of benzene rings is 1. The van der Waals surface area contributed by atoms with Crippen molar-refractivity contribution in [3.8, 4) is 5.75 Å². The van der Waals surface area contributed by atoms with Crippen LogP contribution in [0.15, 0.2) is 18.2 Å². The lowest BCUT2D eigenvalue weighted by Crippen LogP contribution is -2.43. The van der Waals surface area contributed by atoms with Crippen LogP contribution in [0.1, 0.15) is 42.9 Å². The van der Waals surface area contributed by atoms with Crippen LogP contribution in [0.3, 0.4) is 0 Å². The van der Waals surface area contributed by atoms with Crippen LogP contribution in [0.2, 0.25) is 0 Å². The molecule has 50 heavy (non-hydrogen) atoms. The first-order chi connectivity index (χ1) is 23.9. The van der Waals surface area contributed by atoms with E-state index in [-0.39, 0.29) is 73.9 Å². The van der Waals surface area contributed by atoms with Gasteiger partial charge in [-0.15, -0.1) is 0 Å². The summed E-state index contributed by atoms with van der Waals surface area (Å²) in [5.41, 5.74) is 0.0981. The number of alkyl halides is 3. The fourth-order valence-electron chi connectivity index (χ4n) is 5.28. The van der Waals surface area contributed by atoms with Crippen LogP contribution in [0.4, 0.5) is 22.8 Å². The lowest BCUT2D eigenvalue weighted by Gasteiger charge is -2.20. The number of nitrogens with one attached hydrogen (secondary N) is 5. The summed E-state index contributed by atoms with van der Waals surface area (Å²) >= 11 is 1.86. The molecule has 2 fully saturated rings. The zero-order chi connectivity index (χ0) is 36.5. The van der Waals surface area contributed by atoms with Gasteiger partial charge in [-0.25, -0.2) is 9.59 Å². The molecule has 2 saturated heterocycles. The van der Waals surface area contributed by atoms with E-state index in [9.17, 15) is 37.5 Å². The van der Waals surface area contributed by atoms with Gasteiger partial charge in [-0.3, -0.25) is 9.59 Å². The number of carbonyl (C=O) groups excluding carboxylic acids is 4. The van der Waals surface area contributed by atoms with Crippen LogP contribution in [0, 0.1) is 0 Å². The van der Waals surface area contributed by atoms with E-state index < -0.39 is 36.9 Å². The van der Waals surface area contributed by atoms with Crippen molar-refractivity contribution < 1.29 is 61.1 Å². The van der Waals surface area contributed by atoms with Crippen LogP contribution in [0.5, 0.6) is 5.75 Å². The highest BCUT2D eigenvalue weighted by molar-refractivity contribution is 8.00. The molecule has 1 aromatic carbocycles. The number of aliphatic hydroxyl groups is 1. The third-order valence-electron chi connectivity index (χ3n) is 7.81. The molecule has 3 rings (SSSR count). The molecular formula is C31H46F3N5O10S. The Labute approximate surface area is 292 Å². The minimum absolute atomic E-state index is 0.0409. The molecule has 5 atom stereocenters. The van der Waals surface area contributed by atoms with Gasteiger partial charge < -0.3 is 55.4 Å². The number of ether oxygens (including phenoxy) is 5. The van der Waals surface area contributed by atoms with Crippen molar-refractivity contribution in [3.63, 3.8) is 0 Å². The van der Waals surface area contributed by atoms with Crippen molar-refractivity contribution in [2.45, 2.75) is 68.0 Å². The predicted octanol–water partition coefficient (Wildman–Crippen LogP) is 1.52. The number of hydrogen-bond acceptors (Lipinski definition) is 11. The van der Waals surface area contributed by atoms with Crippen LogP contribution in [-0.4, -0.2) is 125 Å². The summed E-state index contributed by atoms with van der Waals surface area (Å²) in [6.07, 6.45) is -6.26. The quantitative estimate of drug-likeness (QED) is 0.0747. The molecular weight excluding hydrogens is 691 g/mol. The molecule has 0 aliphatic carbocycles. The Hall–Kier alpha value is -3.52. The number of hydrogen-bond donors (Lipinski definition) is 6. The number of thioether (sulfide) groups is 1. The second kappa shape index (κ2) is 21.0. The average Bonchev–Trinajstić information content (AvgIpc) is 3.64.